The van der Waals surface area contributed by atoms with Crippen molar-refractivity contribution in [2.75, 3.05) is 20.1 Å². The van der Waals surface area contributed by atoms with Crippen LogP contribution in [0.4, 0.5) is 0 Å². The van der Waals surface area contributed by atoms with E-state index in [2.05, 4.69) is 17.5 Å². The summed E-state index contributed by atoms with van der Waals surface area (Å²) in [4.78, 5) is 0. The van der Waals surface area contributed by atoms with Gasteiger partial charge in [-0.15, -0.1) is 0 Å². The number of nitrogens with one attached hydrogen (secondary N) is 1. The van der Waals surface area contributed by atoms with E-state index in [0.29, 0.717) is 0 Å². The molecule has 1 heterocycles. The van der Waals surface area contributed by atoms with Crippen LogP contribution in [0.2, 0.25) is 0 Å². The van der Waals surface area contributed by atoms with Crippen LogP contribution >= 0.6 is 0 Å². The van der Waals surface area contributed by atoms with Crippen LogP contribution in [0.25, 0.3) is 0 Å². The van der Waals surface area contributed by atoms with Crippen LogP contribution in [0.15, 0.2) is 0 Å². The van der Waals surface area contributed by atoms with Gasteiger partial charge in [0.1, 0.15) is 0 Å². The second-order valence-electron chi connectivity index (χ2n) is 3.10. The standard InChI is InChI=1S/C8H18N2/c1-10-8-6-4-2-3-5-7-9-10/h9H,2-8H2,1H3. The summed E-state index contributed by atoms with van der Waals surface area (Å²) in [6.45, 7) is 2.37. The Kier molecular flexibility index (Phi) is 3.76. The summed E-state index contributed by atoms with van der Waals surface area (Å²) in [5.74, 6) is 0. The Morgan fingerprint density at radius 2 is 1.70 bits per heavy atom. The molecule has 2 heteroatoms. The molecule has 10 heavy (non-hydrogen) atoms. The molecule has 1 aliphatic heterocycles. The molecule has 0 radical (unpaired) electrons. The molecule has 0 aromatic heterocycles. The number of hydrazine groups is 1. The molecule has 0 spiro atoms. The molecule has 1 aliphatic rings. The lowest BCUT2D eigenvalue weighted by atomic mass is 10.1. The van der Waals surface area contributed by atoms with Gasteiger partial charge in [0.05, 0.1) is 0 Å². The van der Waals surface area contributed by atoms with Gasteiger partial charge >= 0.3 is 0 Å². The van der Waals surface area contributed by atoms with E-state index in [4.69, 9.17) is 0 Å². The molecule has 0 aromatic rings. The van der Waals surface area contributed by atoms with Crippen LogP contribution in [-0.2, 0) is 0 Å². The molecular weight excluding hydrogens is 124 g/mol. The number of hydrogen-bond acceptors (Lipinski definition) is 2. The summed E-state index contributed by atoms with van der Waals surface area (Å²) in [6, 6.07) is 0. The summed E-state index contributed by atoms with van der Waals surface area (Å²) in [7, 11) is 2.13. The Morgan fingerprint density at radius 3 is 2.60 bits per heavy atom. The van der Waals surface area contributed by atoms with Gasteiger partial charge in [-0.2, -0.15) is 0 Å². The van der Waals surface area contributed by atoms with Crippen molar-refractivity contribution in [3.8, 4) is 0 Å². The highest BCUT2D eigenvalue weighted by atomic mass is 15.5. The third kappa shape index (κ3) is 3.18. The fourth-order valence-corrected chi connectivity index (χ4v) is 1.35. The molecule has 1 N–H and O–H groups in total. The van der Waals surface area contributed by atoms with E-state index >= 15 is 0 Å². The zero-order valence-corrected chi connectivity index (χ0v) is 6.90. The van der Waals surface area contributed by atoms with Crippen LogP contribution in [0.1, 0.15) is 32.1 Å². The predicted molar refractivity (Wildman–Crippen MR) is 43.7 cm³/mol. The Balaban J connectivity index is 2.15. The van der Waals surface area contributed by atoms with Gasteiger partial charge in [-0.25, -0.2) is 5.01 Å². The predicted octanol–water partition coefficient (Wildman–Crippen LogP) is 1.39. The molecule has 0 atom stereocenters. The monoisotopic (exact) mass is 142 g/mol. The van der Waals surface area contributed by atoms with E-state index in [1.54, 1.807) is 0 Å². The van der Waals surface area contributed by atoms with Crippen LogP contribution in [-0.4, -0.2) is 25.1 Å². The highest BCUT2D eigenvalue weighted by Crippen LogP contribution is 2.04. The molecule has 0 unspecified atom stereocenters. The Morgan fingerprint density at radius 1 is 1.00 bits per heavy atom. The molecule has 0 aromatic carbocycles. The summed E-state index contributed by atoms with van der Waals surface area (Å²) < 4.78 is 0. The molecule has 0 amide bonds. The average Bonchev–Trinajstić information content (AvgIpc) is 2.02. The normalized spacial score (nSPS) is 24.9. The zero-order chi connectivity index (χ0) is 7.23. The van der Waals surface area contributed by atoms with Crippen LogP contribution in [0, 0.1) is 0 Å². The minimum Gasteiger partial charge on any atom is -0.255 e. The van der Waals surface area contributed by atoms with Gasteiger partial charge in [0.2, 0.25) is 0 Å². The van der Waals surface area contributed by atoms with Crippen molar-refractivity contribution in [3.63, 3.8) is 0 Å². The minimum atomic E-state index is 1.16. The highest BCUT2D eigenvalue weighted by Gasteiger charge is 1.99. The van der Waals surface area contributed by atoms with Crippen LogP contribution < -0.4 is 5.43 Å². The SMILES string of the molecule is CN1CCCCCCCN1. The number of hydrogen-bond donors (Lipinski definition) is 1. The lowest BCUT2D eigenvalue weighted by Crippen LogP contribution is -2.35. The van der Waals surface area contributed by atoms with Gasteiger partial charge in [0.15, 0.2) is 0 Å². The van der Waals surface area contributed by atoms with Gasteiger partial charge in [-0.1, -0.05) is 19.3 Å². The topological polar surface area (TPSA) is 15.3 Å². The first-order chi connectivity index (χ1) is 4.89. The van der Waals surface area contributed by atoms with E-state index in [0.717, 1.165) is 6.54 Å². The minimum absolute atomic E-state index is 1.16. The smallest absolute Gasteiger partial charge is 0.0127 e. The summed E-state index contributed by atoms with van der Waals surface area (Å²) >= 11 is 0. The third-order valence-electron chi connectivity index (χ3n) is 2.05. The molecule has 1 fully saturated rings. The fraction of sp³-hybridized carbons (Fsp3) is 1.00. The lowest BCUT2D eigenvalue weighted by molar-refractivity contribution is 0.236. The summed E-state index contributed by atoms with van der Waals surface area (Å²) in [6.07, 6.45) is 6.93. The third-order valence-corrected chi connectivity index (χ3v) is 2.05. The number of rotatable bonds is 0. The average molecular weight is 142 g/mol. The second kappa shape index (κ2) is 4.69. The van der Waals surface area contributed by atoms with Gasteiger partial charge in [0.25, 0.3) is 0 Å². The Hall–Kier alpha value is -0.0800. The van der Waals surface area contributed by atoms with E-state index in [1.165, 1.54) is 38.6 Å². The van der Waals surface area contributed by atoms with Crippen molar-refractivity contribution in [1.82, 2.24) is 10.4 Å². The first-order valence-electron chi connectivity index (χ1n) is 4.34. The maximum atomic E-state index is 3.36. The largest absolute Gasteiger partial charge is 0.255 e. The second-order valence-corrected chi connectivity index (χ2v) is 3.10. The van der Waals surface area contributed by atoms with Gasteiger partial charge in [-0.3, -0.25) is 5.43 Å². The van der Waals surface area contributed by atoms with Crippen molar-refractivity contribution in [3.05, 3.63) is 0 Å². The van der Waals surface area contributed by atoms with Crippen molar-refractivity contribution >= 4 is 0 Å². The molecule has 0 bridgehead atoms. The molecule has 0 aliphatic carbocycles. The van der Waals surface area contributed by atoms with E-state index < -0.39 is 0 Å². The quantitative estimate of drug-likeness (QED) is 0.550. The van der Waals surface area contributed by atoms with Crippen LogP contribution in [0.3, 0.4) is 0 Å². The highest BCUT2D eigenvalue weighted by molar-refractivity contribution is 4.53. The van der Waals surface area contributed by atoms with Gasteiger partial charge < -0.3 is 0 Å². The van der Waals surface area contributed by atoms with Crippen molar-refractivity contribution in [2.24, 2.45) is 0 Å². The maximum absolute atomic E-state index is 3.36. The maximum Gasteiger partial charge on any atom is 0.0127 e. The van der Waals surface area contributed by atoms with Gasteiger partial charge in [0, 0.05) is 20.1 Å². The summed E-state index contributed by atoms with van der Waals surface area (Å²) in [5.41, 5.74) is 3.36. The van der Waals surface area contributed by atoms with Crippen LogP contribution in [0.5, 0.6) is 0 Å². The van der Waals surface area contributed by atoms with E-state index in [9.17, 15) is 0 Å². The van der Waals surface area contributed by atoms with E-state index in [1.807, 2.05) is 0 Å². The summed E-state index contributed by atoms with van der Waals surface area (Å²) in [5, 5.41) is 2.21. The van der Waals surface area contributed by atoms with Gasteiger partial charge in [-0.05, 0) is 12.8 Å². The number of nitrogens with zero attached hydrogens (tertiary/aromatic N) is 1. The Bertz CT molecular complexity index is 73.3. The van der Waals surface area contributed by atoms with E-state index in [-0.39, 0.29) is 0 Å². The Labute approximate surface area is 63.6 Å². The fourth-order valence-electron chi connectivity index (χ4n) is 1.35. The zero-order valence-electron chi connectivity index (χ0n) is 6.90. The molecule has 1 saturated heterocycles. The molecule has 2 nitrogen and oxygen atoms in total. The molecular formula is C8H18N2. The molecule has 60 valence electrons. The van der Waals surface area contributed by atoms with Crippen molar-refractivity contribution < 1.29 is 0 Å². The first kappa shape index (κ1) is 8.02. The molecule has 1 rings (SSSR count). The van der Waals surface area contributed by atoms with Crippen molar-refractivity contribution in [2.45, 2.75) is 32.1 Å². The first-order valence-corrected chi connectivity index (χ1v) is 4.34. The molecule has 0 saturated carbocycles. The lowest BCUT2D eigenvalue weighted by Gasteiger charge is -2.15. The van der Waals surface area contributed by atoms with Crippen molar-refractivity contribution in [1.29, 1.82) is 0 Å².